The SMILES string of the molecule is COC(=O)c1ccc2c(C(C)=Nc3ccc(CN(C)Cc4ccc5c(c4)OCO5)cc3)c(O)[nH]c2c1. The number of carbonyl (C=O) groups is 1. The van der Waals surface area contributed by atoms with Gasteiger partial charge in [0.05, 0.1) is 29.6 Å². The van der Waals surface area contributed by atoms with E-state index in [1.165, 1.54) is 12.7 Å². The lowest BCUT2D eigenvalue weighted by molar-refractivity contribution is 0.0601. The average Bonchev–Trinajstić information content (AvgIpc) is 3.47. The van der Waals surface area contributed by atoms with Crippen molar-refractivity contribution in [1.82, 2.24) is 9.88 Å². The Morgan fingerprint density at radius 1 is 1.03 bits per heavy atom. The molecular weight excluding hydrogens is 458 g/mol. The van der Waals surface area contributed by atoms with E-state index in [0.29, 0.717) is 22.4 Å². The molecule has 8 nitrogen and oxygen atoms in total. The number of H-pyrrole nitrogens is 1. The van der Waals surface area contributed by atoms with Crippen molar-refractivity contribution in [3.63, 3.8) is 0 Å². The lowest BCUT2D eigenvalue weighted by Crippen LogP contribution is -2.17. The molecule has 4 aromatic rings. The van der Waals surface area contributed by atoms with Crippen LogP contribution < -0.4 is 9.47 Å². The van der Waals surface area contributed by atoms with Gasteiger partial charge in [0.1, 0.15) is 0 Å². The number of benzene rings is 3. The molecular formula is C28H27N3O5. The number of carbonyl (C=O) groups excluding carboxylic acids is 1. The Kier molecular flexibility index (Phi) is 6.35. The number of hydrogen-bond donors (Lipinski definition) is 2. The molecule has 36 heavy (non-hydrogen) atoms. The minimum atomic E-state index is -0.431. The number of nitrogens with zero attached hydrogens (tertiary/aromatic N) is 2. The third-order valence-electron chi connectivity index (χ3n) is 6.14. The lowest BCUT2D eigenvalue weighted by Gasteiger charge is -2.17. The van der Waals surface area contributed by atoms with E-state index in [-0.39, 0.29) is 12.7 Å². The quantitative estimate of drug-likeness (QED) is 0.277. The Morgan fingerprint density at radius 3 is 2.53 bits per heavy atom. The number of aromatic amines is 1. The predicted octanol–water partition coefficient (Wildman–Crippen LogP) is 5.16. The highest BCUT2D eigenvalue weighted by molar-refractivity contribution is 6.13. The summed E-state index contributed by atoms with van der Waals surface area (Å²) in [6, 6.07) is 19.2. The summed E-state index contributed by atoms with van der Waals surface area (Å²) in [5, 5.41) is 11.3. The first-order valence-corrected chi connectivity index (χ1v) is 11.6. The molecule has 1 aromatic heterocycles. The van der Waals surface area contributed by atoms with Crippen LogP contribution in [0.25, 0.3) is 10.9 Å². The Bertz CT molecular complexity index is 1460. The monoisotopic (exact) mass is 485 g/mol. The third-order valence-corrected chi connectivity index (χ3v) is 6.14. The number of ether oxygens (including phenoxy) is 3. The molecule has 0 bridgehead atoms. The van der Waals surface area contributed by atoms with Crippen molar-refractivity contribution >= 4 is 28.3 Å². The first-order valence-electron chi connectivity index (χ1n) is 11.6. The van der Waals surface area contributed by atoms with Crippen molar-refractivity contribution < 1.29 is 24.1 Å². The molecule has 0 fully saturated rings. The van der Waals surface area contributed by atoms with E-state index in [1.807, 2.05) is 31.2 Å². The largest absolute Gasteiger partial charge is 0.494 e. The first-order chi connectivity index (χ1) is 17.4. The molecule has 0 unspecified atom stereocenters. The van der Waals surface area contributed by atoms with Gasteiger partial charge in [0.25, 0.3) is 0 Å². The van der Waals surface area contributed by atoms with E-state index in [9.17, 15) is 9.90 Å². The van der Waals surface area contributed by atoms with Gasteiger partial charge < -0.3 is 24.3 Å². The summed E-state index contributed by atoms with van der Waals surface area (Å²) in [6.45, 7) is 3.69. The lowest BCUT2D eigenvalue weighted by atomic mass is 10.1. The van der Waals surface area contributed by atoms with Gasteiger partial charge in [-0.2, -0.15) is 0 Å². The summed E-state index contributed by atoms with van der Waals surface area (Å²) < 4.78 is 15.6. The zero-order chi connectivity index (χ0) is 25.2. The Labute approximate surface area is 208 Å². The fourth-order valence-electron chi connectivity index (χ4n) is 4.44. The molecule has 0 amide bonds. The summed E-state index contributed by atoms with van der Waals surface area (Å²) in [6.07, 6.45) is 0. The summed E-state index contributed by atoms with van der Waals surface area (Å²) in [5.41, 5.74) is 5.43. The average molecular weight is 486 g/mol. The highest BCUT2D eigenvalue weighted by Crippen LogP contribution is 2.33. The number of esters is 1. The highest BCUT2D eigenvalue weighted by atomic mass is 16.7. The van der Waals surface area contributed by atoms with Gasteiger partial charge in [-0.25, -0.2) is 4.79 Å². The number of rotatable bonds is 7. The van der Waals surface area contributed by atoms with E-state index >= 15 is 0 Å². The van der Waals surface area contributed by atoms with Crippen LogP contribution in [0.5, 0.6) is 17.4 Å². The van der Waals surface area contributed by atoms with Crippen LogP contribution in [0, 0.1) is 0 Å². The van der Waals surface area contributed by atoms with Gasteiger partial charge in [-0.1, -0.05) is 24.3 Å². The van der Waals surface area contributed by atoms with Gasteiger partial charge in [-0.3, -0.25) is 9.89 Å². The second kappa shape index (κ2) is 9.75. The van der Waals surface area contributed by atoms with E-state index in [0.717, 1.165) is 41.2 Å². The Balaban J connectivity index is 1.28. The molecule has 184 valence electrons. The topological polar surface area (TPSA) is 96.4 Å². The molecule has 0 aliphatic carbocycles. The number of hydrogen-bond acceptors (Lipinski definition) is 7. The maximum absolute atomic E-state index is 11.8. The van der Waals surface area contributed by atoms with Gasteiger partial charge in [-0.15, -0.1) is 0 Å². The highest BCUT2D eigenvalue weighted by Gasteiger charge is 2.16. The Hall–Kier alpha value is -4.30. The molecule has 0 saturated heterocycles. The van der Waals surface area contributed by atoms with Crippen molar-refractivity contribution in [2.24, 2.45) is 4.99 Å². The number of aromatic nitrogens is 1. The van der Waals surface area contributed by atoms with Gasteiger partial charge in [-0.05, 0) is 61.5 Å². The molecule has 1 aliphatic rings. The molecule has 0 spiro atoms. The Morgan fingerprint density at radius 2 is 1.75 bits per heavy atom. The molecule has 1 aliphatic heterocycles. The zero-order valence-electron chi connectivity index (χ0n) is 20.4. The summed E-state index contributed by atoms with van der Waals surface area (Å²) >= 11 is 0. The van der Waals surface area contributed by atoms with Gasteiger partial charge >= 0.3 is 5.97 Å². The summed E-state index contributed by atoms with van der Waals surface area (Å²) in [5.74, 6) is 1.16. The summed E-state index contributed by atoms with van der Waals surface area (Å²) in [4.78, 5) is 21.7. The number of aromatic hydroxyl groups is 1. The molecule has 0 saturated carbocycles. The minimum absolute atomic E-state index is 0.00929. The van der Waals surface area contributed by atoms with Crippen molar-refractivity contribution in [1.29, 1.82) is 0 Å². The fourth-order valence-corrected chi connectivity index (χ4v) is 4.44. The van der Waals surface area contributed by atoms with E-state index in [4.69, 9.17) is 19.2 Å². The van der Waals surface area contributed by atoms with Crippen molar-refractivity contribution in [2.45, 2.75) is 20.0 Å². The standard InChI is InChI=1S/C28H27N3O5/c1-17(26-22-10-7-20(28(33)34-3)13-23(22)30-27(26)32)29-21-8-4-18(5-9-21)14-31(2)15-19-6-11-24-25(12-19)36-16-35-24/h4-13,30,32H,14-16H2,1-3H3. The number of fused-ring (bicyclic) bond motifs is 2. The third kappa shape index (κ3) is 4.76. The molecule has 2 N–H and O–H groups in total. The maximum Gasteiger partial charge on any atom is 0.337 e. The second-order valence-electron chi connectivity index (χ2n) is 8.82. The predicted molar refractivity (Wildman–Crippen MR) is 137 cm³/mol. The normalized spacial score (nSPS) is 12.9. The molecule has 2 heterocycles. The molecule has 5 rings (SSSR count). The van der Waals surface area contributed by atoms with E-state index in [1.54, 1.807) is 18.2 Å². The van der Waals surface area contributed by atoms with Crippen LogP contribution in [0.3, 0.4) is 0 Å². The second-order valence-corrected chi connectivity index (χ2v) is 8.82. The molecule has 0 atom stereocenters. The molecule has 0 radical (unpaired) electrons. The van der Waals surface area contributed by atoms with Crippen molar-refractivity contribution in [3.8, 4) is 17.4 Å². The van der Waals surface area contributed by atoms with E-state index in [2.05, 4.69) is 35.1 Å². The number of nitrogens with one attached hydrogen (secondary N) is 1. The smallest absolute Gasteiger partial charge is 0.337 e. The zero-order valence-corrected chi connectivity index (χ0v) is 20.4. The number of methoxy groups -OCH3 is 1. The fraction of sp³-hybridized carbons (Fsp3) is 0.214. The molecule has 3 aromatic carbocycles. The van der Waals surface area contributed by atoms with Crippen LogP contribution in [0.2, 0.25) is 0 Å². The van der Waals surface area contributed by atoms with E-state index < -0.39 is 5.97 Å². The van der Waals surface area contributed by atoms with Crippen LogP contribution in [0.15, 0.2) is 65.7 Å². The number of aliphatic imine (C=N–C) groups is 1. The van der Waals surface area contributed by atoms with Gasteiger partial charge in [0, 0.05) is 24.0 Å². The summed E-state index contributed by atoms with van der Waals surface area (Å²) in [7, 11) is 3.41. The first kappa shape index (κ1) is 23.4. The van der Waals surface area contributed by atoms with Crippen LogP contribution in [-0.4, -0.2) is 47.6 Å². The van der Waals surface area contributed by atoms with Crippen molar-refractivity contribution in [3.05, 3.63) is 82.9 Å². The van der Waals surface area contributed by atoms with Crippen LogP contribution in [0.4, 0.5) is 5.69 Å². The molecule has 8 heteroatoms. The van der Waals surface area contributed by atoms with Gasteiger partial charge in [0.15, 0.2) is 17.4 Å². The van der Waals surface area contributed by atoms with Gasteiger partial charge in [0.2, 0.25) is 6.79 Å². The van der Waals surface area contributed by atoms with Crippen LogP contribution in [-0.2, 0) is 17.8 Å². The van der Waals surface area contributed by atoms with Crippen molar-refractivity contribution in [2.75, 3.05) is 21.0 Å². The van der Waals surface area contributed by atoms with Crippen LogP contribution in [0.1, 0.15) is 34.0 Å². The minimum Gasteiger partial charge on any atom is -0.494 e. The maximum atomic E-state index is 11.8. The van der Waals surface area contributed by atoms with Crippen LogP contribution >= 0.6 is 0 Å².